The second kappa shape index (κ2) is 11.2. The van der Waals surface area contributed by atoms with Crippen molar-refractivity contribution in [2.24, 2.45) is 5.92 Å². The van der Waals surface area contributed by atoms with Gasteiger partial charge in [-0.25, -0.2) is 0 Å². The van der Waals surface area contributed by atoms with Crippen LogP contribution in [0.4, 0.5) is 5.69 Å². The molecule has 26 heavy (non-hydrogen) atoms. The van der Waals surface area contributed by atoms with Crippen molar-refractivity contribution in [1.82, 2.24) is 0 Å². The summed E-state index contributed by atoms with van der Waals surface area (Å²) in [7, 11) is 0. The monoisotopic (exact) mass is 355 g/mol. The molecule has 0 fully saturated rings. The molecule has 0 aliphatic heterocycles. The third-order valence-electron chi connectivity index (χ3n) is 4.28. The van der Waals surface area contributed by atoms with E-state index >= 15 is 0 Å². The Morgan fingerprint density at radius 1 is 0.962 bits per heavy atom. The molecule has 0 aliphatic rings. The first-order chi connectivity index (χ1) is 12.7. The van der Waals surface area contributed by atoms with Crippen LogP contribution in [-0.4, -0.2) is 19.1 Å². The first-order valence-corrected chi connectivity index (χ1v) is 9.41. The lowest BCUT2D eigenvalue weighted by molar-refractivity contribution is -0.118. The van der Waals surface area contributed by atoms with Gasteiger partial charge in [-0.2, -0.15) is 0 Å². The van der Waals surface area contributed by atoms with E-state index in [1.165, 1.54) is 19.3 Å². The topological polar surface area (TPSA) is 47.6 Å². The lowest BCUT2D eigenvalue weighted by Gasteiger charge is -2.15. The number of hydrogen-bond acceptors (Lipinski definition) is 3. The normalized spacial score (nSPS) is 11.6. The smallest absolute Gasteiger partial charge is 0.262 e. The Hall–Kier alpha value is -2.49. The molecule has 0 radical (unpaired) electrons. The molecule has 0 spiro atoms. The largest absolute Gasteiger partial charge is 0.493 e. The van der Waals surface area contributed by atoms with E-state index in [0.717, 1.165) is 24.5 Å². The van der Waals surface area contributed by atoms with Crippen LogP contribution in [-0.2, 0) is 4.79 Å². The van der Waals surface area contributed by atoms with Crippen LogP contribution in [0.1, 0.15) is 39.5 Å². The van der Waals surface area contributed by atoms with Crippen LogP contribution in [0.15, 0.2) is 54.6 Å². The summed E-state index contributed by atoms with van der Waals surface area (Å²) in [6.45, 7) is 5.15. The third-order valence-corrected chi connectivity index (χ3v) is 4.28. The van der Waals surface area contributed by atoms with E-state index in [-0.39, 0.29) is 12.5 Å². The van der Waals surface area contributed by atoms with Gasteiger partial charge in [0.05, 0.1) is 6.61 Å². The van der Waals surface area contributed by atoms with E-state index in [9.17, 15) is 4.79 Å². The molecular formula is C22H29NO3. The predicted molar refractivity (Wildman–Crippen MR) is 106 cm³/mol. The number of para-hydroxylation sites is 1. The summed E-state index contributed by atoms with van der Waals surface area (Å²) in [5, 5.41) is 2.79. The second-order valence-corrected chi connectivity index (χ2v) is 6.40. The Morgan fingerprint density at radius 3 is 2.23 bits per heavy atom. The fraction of sp³-hybridized carbons (Fsp3) is 0.409. The van der Waals surface area contributed by atoms with E-state index in [0.29, 0.717) is 11.7 Å². The molecule has 140 valence electrons. The minimum absolute atomic E-state index is 0.0238. The lowest BCUT2D eigenvalue weighted by atomic mass is 10.0. The van der Waals surface area contributed by atoms with Crippen molar-refractivity contribution in [2.75, 3.05) is 18.5 Å². The van der Waals surface area contributed by atoms with Gasteiger partial charge in [0.25, 0.3) is 5.91 Å². The van der Waals surface area contributed by atoms with Gasteiger partial charge in [0, 0.05) is 5.69 Å². The Balaban J connectivity index is 1.73. The Kier molecular flexibility index (Phi) is 8.53. The average molecular weight is 355 g/mol. The summed E-state index contributed by atoms with van der Waals surface area (Å²) < 4.78 is 11.4. The van der Waals surface area contributed by atoms with Crippen LogP contribution in [0.25, 0.3) is 0 Å². The zero-order valence-electron chi connectivity index (χ0n) is 15.7. The summed E-state index contributed by atoms with van der Waals surface area (Å²) in [5.74, 6) is 1.91. The molecule has 2 rings (SSSR count). The number of rotatable bonds is 11. The molecule has 1 N–H and O–H groups in total. The summed E-state index contributed by atoms with van der Waals surface area (Å²) in [5.41, 5.74) is 0.762. The highest BCUT2D eigenvalue weighted by Gasteiger charge is 2.07. The molecule has 0 aromatic heterocycles. The van der Waals surface area contributed by atoms with Crippen LogP contribution in [0.2, 0.25) is 0 Å². The van der Waals surface area contributed by atoms with Crippen molar-refractivity contribution in [3.63, 3.8) is 0 Å². The molecule has 0 saturated carbocycles. The highest BCUT2D eigenvalue weighted by molar-refractivity contribution is 5.91. The Labute approximate surface area is 156 Å². The molecule has 1 atom stereocenters. The van der Waals surface area contributed by atoms with E-state index in [2.05, 4.69) is 19.2 Å². The molecule has 0 bridgehead atoms. The minimum atomic E-state index is -0.182. The summed E-state index contributed by atoms with van der Waals surface area (Å²) >= 11 is 0. The lowest BCUT2D eigenvalue weighted by Crippen LogP contribution is -2.20. The molecule has 4 nitrogen and oxygen atoms in total. The molecule has 2 aromatic rings. The van der Waals surface area contributed by atoms with Gasteiger partial charge in [-0.15, -0.1) is 0 Å². The molecule has 2 aromatic carbocycles. The molecule has 1 amide bonds. The molecule has 4 heteroatoms. The van der Waals surface area contributed by atoms with Gasteiger partial charge in [-0.3, -0.25) is 4.79 Å². The Bertz CT molecular complexity index is 640. The number of amides is 1. The van der Waals surface area contributed by atoms with Crippen molar-refractivity contribution in [2.45, 2.75) is 39.5 Å². The first kappa shape index (κ1) is 19.8. The number of nitrogens with one attached hydrogen (secondary N) is 1. The SMILES string of the molecule is CCCCC(CC)COc1ccc(OCC(=O)Nc2ccccc2)cc1. The molecule has 0 aliphatic carbocycles. The number of unbranched alkanes of at least 4 members (excludes halogenated alkanes) is 1. The summed E-state index contributed by atoms with van der Waals surface area (Å²) in [6, 6.07) is 16.8. The number of carbonyl (C=O) groups is 1. The van der Waals surface area contributed by atoms with Crippen LogP contribution in [0.5, 0.6) is 11.5 Å². The molecule has 1 unspecified atom stereocenters. The number of anilines is 1. The highest BCUT2D eigenvalue weighted by Crippen LogP contribution is 2.20. The number of ether oxygens (including phenoxy) is 2. The van der Waals surface area contributed by atoms with Gasteiger partial charge in [-0.1, -0.05) is 51.3 Å². The van der Waals surface area contributed by atoms with Crippen molar-refractivity contribution in [3.05, 3.63) is 54.6 Å². The maximum atomic E-state index is 11.9. The van der Waals surface area contributed by atoms with E-state index < -0.39 is 0 Å². The highest BCUT2D eigenvalue weighted by atomic mass is 16.5. The summed E-state index contributed by atoms with van der Waals surface area (Å²) in [6.07, 6.45) is 4.82. The minimum Gasteiger partial charge on any atom is -0.493 e. The van der Waals surface area contributed by atoms with Crippen LogP contribution in [0, 0.1) is 5.92 Å². The number of hydrogen-bond donors (Lipinski definition) is 1. The fourth-order valence-electron chi connectivity index (χ4n) is 2.61. The zero-order valence-corrected chi connectivity index (χ0v) is 15.7. The maximum absolute atomic E-state index is 11.9. The van der Waals surface area contributed by atoms with Gasteiger partial charge in [0.15, 0.2) is 6.61 Å². The third kappa shape index (κ3) is 7.18. The zero-order chi connectivity index (χ0) is 18.6. The van der Waals surface area contributed by atoms with Crippen molar-refractivity contribution in [3.8, 4) is 11.5 Å². The molecular weight excluding hydrogens is 326 g/mol. The summed E-state index contributed by atoms with van der Waals surface area (Å²) in [4.78, 5) is 11.9. The fourth-order valence-corrected chi connectivity index (χ4v) is 2.61. The number of benzene rings is 2. The van der Waals surface area contributed by atoms with Crippen molar-refractivity contribution >= 4 is 11.6 Å². The average Bonchev–Trinajstić information content (AvgIpc) is 2.68. The quantitative estimate of drug-likeness (QED) is 0.595. The van der Waals surface area contributed by atoms with E-state index in [1.807, 2.05) is 54.6 Å². The first-order valence-electron chi connectivity index (χ1n) is 9.41. The van der Waals surface area contributed by atoms with Gasteiger partial charge >= 0.3 is 0 Å². The number of carbonyl (C=O) groups excluding carboxylic acids is 1. The second-order valence-electron chi connectivity index (χ2n) is 6.40. The van der Waals surface area contributed by atoms with Crippen LogP contribution >= 0.6 is 0 Å². The van der Waals surface area contributed by atoms with Gasteiger partial charge in [0.1, 0.15) is 11.5 Å². The van der Waals surface area contributed by atoms with Crippen LogP contribution in [0.3, 0.4) is 0 Å². The Morgan fingerprint density at radius 2 is 1.62 bits per heavy atom. The van der Waals surface area contributed by atoms with Gasteiger partial charge in [-0.05, 0) is 48.7 Å². The predicted octanol–water partition coefficient (Wildman–Crippen LogP) is 5.30. The van der Waals surface area contributed by atoms with Gasteiger partial charge in [0.2, 0.25) is 0 Å². The van der Waals surface area contributed by atoms with Crippen LogP contribution < -0.4 is 14.8 Å². The molecule has 0 saturated heterocycles. The van der Waals surface area contributed by atoms with Gasteiger partial charge < -0.3 is 14.8 Å². The van der Waals surface area contributed by atoms with Crippen molar-refractivity contribution in [1.29, 1.82) is 0 Å². The van der Waals surface area contributed by atoms with E-state index in [4.69, 9.17) is 9.47 Å². The molecule has 0 heterocycles. The standard InChI is InChI=1S/C22H29NO3/c1-3-5-9-18(4-2)16-25-20-12-14-21(15-13-20)26-17-22(24)23-19-10-7-6-8-11-19/h6-8,10-15,18H,3-5,9,16-17H2,1-2H3,(H,23,24). The van der Waals surface area contributed by atoms with E-state index in [1.54, 1.807) is 0 Å². The maximum Gasteiger partial charge on any atom is 0.262 e. The van der Waals surface area contributed by atoms with Crippen molar-refractivity contribution < 1.29 is 14.3 Å².